The van der Waals surface area contributed by atoms with E-state index in [1.165, 1.54) is 0 Å². The zero-order valence-corrected chi connectivity index (χ0v) is 13.0. The van der Waals surface area contributed by atoms with Gasteiger partial charge in [0.05, 0.1) is 19.6 Å². The van der Waals surface area contributed by atoms with Crippen LogP contribution in [0.3, 0.4) is 0 Å². The molecular formula is C17H22F3NO2. The Morgan fingerprint density at radius 1 is 1.22 bits per heavy atom. The molecular weight excluding hydrogens is 307 g/mol. The van der Waals surface area contributed by atoms with Crippen LogP contribution in [0.15, 0.2) is 24.3 Å². The topological polar surface area (TPSA) is 32.7 Å². The molecule has 1 aromatic rings. The quantitative estimate of drug-likeness (QED) is 0.922. The fraction of sp³-hybridized carbons (Fsp3) is 0.647. The van der Waals surface area contributed by atoms with Gasteiger partial charge < -0.3 is 9.84 Å². The Morgan fingerprint density at radius 2 is 1.91 bits per heavy atom. The van der Waals surface area contributed by atoms with Crippen molar-refractivity contribution in [3.8, 4) is 0 Å². The molecule has 6 heteroatoms. The average Bonchev–Trinajstić information content (AvgIpc) is 2.86. The first-order valence-corrected chi connectivity index (χ1v) is 7.96. The Hall–Kier alpha value is -1.11. The molecule has 2 aliphatic heterocycles. The molecule has 2 aliphatic rings. The molecule has 2 saturated heterocycles. The van der Waals surface area contributed by atoms with Crippen molar-refractivity contribution in [1.82, 2.24) is 4.90 Å². The Morgan fingerprint density at radius 3 is 2.52 bits per heavy atom. The van der Waals surface area contributed by atoms with Crippen molar-refractivity contribution in [1.29, 1.82) is 0 Å². The van der Waals surface area contributed by atoms with Crippen LogP contribution in [-0.4, -0.2) is 49.1 Å². The van der Waals surface area contributed by atoms with Gasteiger partial charge in [0.15, 0.2) is 0 Å². The molecule has 128 valence electrons. The van der Waals surface area contributed by atoms with E-state index >= 15 is 0 Å². The zero-order valence-electron chi connectivity index (χ0n) is 13.0. The number of ether oxygens (including phenoxy) is 1. The van der Waals surface area contributed by atoms with E-state index in [1.54, 1.807) is 24.3 Å². The smallest absolute Gasteiger partial charge is 0.393 e. The summed E-state index contributed by atoms with van der Waals surface area (Å²) < 4.78 is 42.7. The number of aliphatic hydroxyl groups is 1. The number of hydrogen-bond donors (Lipinski definition) is 1. The van der Waals surface area contributed by atoms with E-state index < -0.39 is 12.6 Å². The summed E-state index contributed by atoms with van der Waals surface area (Å²) in [5, 5.41) is 9.79. The predicted molar refractivity (Wildman–Crippen MR) is 79.9 cm³/mol. The van der Waals surface area contributed by atoms with Crippen LogP contribution in [-0.2, 0) is 17.7 Å². The van der Waals surface area contributed by atoms with Crippen molar-refractivity contribution in [2.24, 2.45) is 11.3 Å². The molecule has 0 aromatic heterocycles. The number of rotatable bonds is 4. The first kappa shape index (κ1) is 16.7. The van der Waals surface area contributed by atoms with Crippen LogP contribution < -0.4 is 0 Å². The molecule has 0 amide bonds. The Labute approximate surface area is 134 Å². The van der Waals surface area contributed by atoms with Gasteiger partial charge >= 0.3 is 6.18 Å². The van der Waals surface area contributed by atoms with Gasteiger partial charge in [-0.25, -0.2) is 0 Å². The number of aliphatic hydroxyl groups excluding tert-OH is 1. The average molecular weight is 329 g/mol. The minimum absolute atomic E-state index is 0.0749. The highest BCUT2D eigenvalue weighted by molar-refractivity contribution is 5.23. The summed E-state index contributed by atoms with van der Waals surface area (Å²) in [5.41, 5.74) is 1.22. The maximum absolute atomic E-state index is 12.4. The SMILES string of the molecule is OC[C@]12CCOC[C@H]1CN(Cc1ccc(CC(F)(F)F)cc1)C2. The molecule has 2 atom stereocenters. The molecule has 0 saturated carbocycles. The summed E-state index contributed by atoms with van der Waals surface area (Å²) in [4.78, 5) is 2.27. The van der Waals surface area contributed by atoms with Crippen LogP contribution in [0, 0.1) is 11.3 Å². The number of hydrogen-bond acceptors (Lipinski definition) is 3. The minimum Gasteiger partial charge on any atom is -0.396 e. The van der Waals surface area contributed by atoms with E-state index in [1.807, 2.05) is 0 Å². The van der Waals surface area contributed by atoms with Crippen LogP contribution >= 0.6 is 0 Å². The van der Waals surface area contributed by atoms with Crippen molar-refractivity contribution >= 4 is 0 Å². The van der Waals surface area contributed by atoms with Crippen LogP contribution in [0.4, 0.5) is 13.2 Å². The largest absolute Gasteiger partial charge is 0.396 e. The molecule has 0 unspecified atom stereocenters. The number of fused-ring (bicyclic) bond motifs is 1. The van der Waals surface area contributed by atoms with Gasteiger partial charge in [0.25, 0.3) is 0 Å². The molecule has 1 N–H and O–H groups in total. The highest BCUT2D eigenvalue weighted by Gasteiger charge is 2.47. The number of alkyl halides is 3. The number of halogens is 3. The summed E-state index contributed by atoms with van der Waals surface area (Å²) in [5.74, 6) is 0.339. The molecule has 0 radical (unpaired) electrons. The van der Waals surface area contributed by atoms with Gasteiger partial charge in [0.2, 0.25) is 0 Å². The second kappa shape index (κ2) is 6.42. The van der Waals surface area contributed by atoms with Crippen molar-refractivity contribution in [3.63, 3.8) is 0 Å². The van der Waals surface area contributed by atoms with Gasteiger partial charge in [-0.2, -0.15) is 13.2 Å². The lowest BCUT2D eigenvalue weighted by Gasteiger charge is -2.36. The van der Waals surface area contributed by atoms with E-state index in [0.29, 0.717) is 25.7 Å². The highest BCUT2D eigenvalue weighted by Crippen LogP contribution is 2.42. The number of benzene rings is 1. The lowest BCUT2D eigenvalue weighted by Crippen LogP contribution is -2.41. The van der Waals surface area contributed by atoms with Gasteiger partial charge in [-0.15, -0.1) is 0 Å². The van der Waals surface area contributed by atoms with Crippen LogP contribution in [0.25, 0.3) is 0 Å². The number of likely N-dealkylation sites (tertiary alicyclic amines) is 1. The van der Waals surface area contributed by atoms with Gasteiger partial charge in [0.1, 0.15) is 0 Å². The Kier molecular flexibility index (Phi) is 4.67. The summed E-state index contributed by atoms with van der Waals surface area (Å²) in [6.45, 7) is 3.93. The second-order valence-electron chi connectivity index (χ2n) is 6.82. The molecule has 0 bridgehead atoms. The third kappa shape index (κ3) is 3.87. The zero-order chi connectivity index (χ0) is 16.5. The van der Waals surface area contributed by atoms with E-state index in [2.05, 4.69) is 4.90 Å². The highest BCUT2D eigenvalue weighted by atomic mass is 19.4. The normalized spacial score (nSPS) is 28.8. The monoisotopic (exact) mass is 329 g/mol. The lowest BCUT2D eigenvalue weighted by molar-refractivity contribution is -0.127. The molecule has 3 nitrogen and oxygen atoms in total. The summed E-state index contributed by atoms with van der Waals surface area (Å²) >= 11 is 0. The van der Waals surface area contributed by atoms with Gasteiger partial charge in [-0.05, 0) is 17.5 Å². The maximum Gasteiger partial charge on any atom is 0.393 e. The van der Waals surface area contributed by atoms with Crippen molar-refractivity contribution < 1.29 is 23.0 Å². The van der Waals surface area contributed by atoms with Crippen LogP contribution in [0.1, 0.15) is 17.5 Å². The molecule has 23 heavy (non-hydrogen) atoms. The number of nitrogens with zero attached hydrogens (tertiary/aromatic N) is 1. The second-order valence-corrected chi connectivity index (χ2v) is 6.82. The summed E-state index contributed by atoms with van der Waals surface area (Å²) in [6, 6.07) is 6.64. The molecule has 2 heterocycles. The van der Waals surface area contributed by atoms with Crippen molar-refractivity contribution in [2.45, 2.75) is 25.6 Å². The summed E-state index contributed by atoms with van der Waals surface area (Å²) in [7, 11) is 0. The third-order valence-electron chi connectivity index (χ3n) is 5.10. The summed E-state index contributed by atoms with van der Waals surface area (Å²) in [6.07, 6.45) is -4.18. The molecule has 3 rings (SSSR count). The predicted octanol–water partition coefficient (Wildman–Crippen LogP) is 2.62. The first-order valence-electron chi connectivity index (χ1n) is 7.96. The molecule has 0 aliphatic carbocycles. The fourth-order valence-electron chi connectivity index (χ4n) is 3.79. The maximum atomic E-state index is 12.4. The molecule has 0 spiro atoms. The van der Waals surface area contributed by atoms with E-state index in [4.69, 9.17) is 4.74 Å². The van der Waals surface area contributed by atoms with E-state index in [-0.39, 0.29) is 17.6 Å². The van der Waals surface area contributed by atoms with Gasteiger partial charge in [-0.1, -0.05) is 24.3 Å². The fourth-order valence-corrected chi connectivity index (χ4v) is 3.79. The standard InChI is InChI=1S/C17H22F3NO2/c18-17(19,20)7-13-1-3-14(4-2-13)8-21-9-15-10-23-6-5-16(15,11-21)12-22/h1-4,15,22H,5-12H2/t15-,16-/m1/s1. The first-order chi connectivity index (χ1) is 10.9. The Balaban J connectivity index is 1.62. The van der Waals surface area contributed by atoms with Crippen molar-refractivity contribution in [2.75, 3.05) is 32.9 Å². The van der Waals surface area contributed by atoms with Crippen LogP contribution in [0.5, 0.6) is 0 Å². The lowest BCUT2D eigenvalue weighted by atomic mass is 9.75. The Bertz CT molecular complexity index is 532. The van der Waals surface area contributed by atoms with Gasteiger partial charge in [0, 0.05) is 37.6 Å². The minimum atomic E-state index is -4.17. The molecule has 2 fully saturated rings. The van der Waals surface area contributed by atoms with E-state index in [9.17, 15) is 18.3 Å². The van der Waals surface area contributed by atoms with E-state index in [0.717, 1.165) is 25.1 Å². The third-order valence-corrected chi connectivity index (χ3v) is 5.10. The van der Waals surface area contributed by atoms with Gasteiger partial charge in [-0.3, -0.25) is 4.90 Å². The molecule has 1 aromatic carbocycles. The van der Waals surface area contributed by atoms with Crippen molar-refractivity contribution in [3.05, 3.63) is 35.4 Å². The van der Waals surface area contributed by atoms with Crippen LogP contribution in [0.2, 0.25) is 0 Å².